The van der Waals surface area contributed by atoms with Gasteiger partial charge in [-0.1, -0.05) is 6.07 Å². The Balaban J connectivity index is 1.95. The quantitative estimate of drug-likeness (QED) is 0.724. The zero-order valence-electron chi connectivity index (χ0n) is 15.2. The fraction of sp³-hybridized carbons (Fsp3) is 0.263. The van der Waals surface area contributed by atoms with Gasteiger partial charge in [0.2, 0.25) is 5.95 Å². The molecule has 2 aromatic heterocycles. The van der Waals surface area contributed by atoms with E-state index in [0.29, 0.717) is 24.7 Å². The number of rotatable bonds is 5. The molecule has 0 fully saturated rings. The van der Waals surface area contributed by atoms with Crippen molar-refractivity contribution in [2.75, 3.05) is 17.2 Å². The minimum atomic E-state index is -0.481. The number of carbonyl (C=O) groups excluding carboxylic acids is 1. The Hall–Kier alpha value is -3.09. The van der Waals surface area contributed by atoms with Crippen LogP contribution < -0.4 is 10.6 Å². The third kappa shape index (κ3) is 3.46. The van der Waals surface area contributed by atoms with Gasteiger partial charge in [-0.05, 0) is 63.4 Å². The molecule has 0 aliphatic heterocycles. The van der Waals surface area contributed by atoms with Crippen LogP contribution in [0.2, 0.25) is 0 Å². The Morgan fingerprint density at radius 3 is 2.85 bits per heavy atom. The molecule has 7 heteroatoms. The summed E-state index contributed by atoms with van der Waals surface area (Å²) in [4.78, 5) is 11.6. The highest BCUT2D eigenvalue weighted by Crippen LogP contribution is 2.26. The van der Waals surface area contributed by atoms with Crippen LogP contribution in [0.4, 0.5) is 22.1 Å². The SMILES string of the molecule is [CH2]Cc1cc2cnnc(Nc3cc(NC(=O)OCC)ccc3C)n2c1C. The molecule has 3 rings (SSSR count). The lowest BCUT2D eigenvalue weighted by Gasteiger charge is -2.13. The lowest BCUT2D eigenvalue weighted by molar-refractivity contribution is 0.168. The van der Waals surface area contributed by atoms with Gasteiger partial charge < -0.3 is 10.1 Å². The zero-order chi connectivity index (χ0) is 18.7. The first-order valence-corrected chi connectivity index (χ1v) is 8.46. The fourth-order valence-corrected chi connectivity index (χ4v) is 2.82. The van der Waals surface area contributed by atoms with Crippen molar-refractivity contribution in [3.8, 4) is 0 Å². The monoisotopic (exact) mass is 352 g/mol. The number of hydrogen-bond donors (Lipinski definition) is 2. The van der Waals surface area contributed by atoms with Gasteiger partial charge in [-0.3, -0.25) is 9.72 Å². The molecule has 7 nitrogen and oxygen atoms in total. The largest absolute Gasteiger partial charge is 0.450 e. The number of fused-ring (bicyclic) bond motifs is 1. The molecule has 1 radical (unpaired) electrons. The van der Waals surface area contributed by atoms with Crippen LogP contribution in [0.3, 0.4) is 0 Å². The van der Waals surface area contributed by atoms with Crippen LogP contribution in [0.25, 0.3) is 5.52 Å². The predicted octanol–water partition coefficient (Wildman–Crippen LogP) is 4.03. The second-order valence-corrected chi connectivity index (χ2v) is 5.93. The number of hydrogen-bond acceptors (Lipinski definition) is 5. The van der Waals surface area contributed by atoms with E-state index in [-0.39, 0.29) is 0 Å². The smallest absolute Gasteiger partial charge is 0.411 e. The summed E-state index contributed by atoms with van der Waals surface area (Å²) in [5.74, 6) is 0.607. The van der Waals surface area contributed by atoms with Crippen molar-refractivity contribution in [3.63, 3.8) is 0 Å². The van der Waals surface area contributed by atoms with Gasteiger partial charge in [0, 0.05) is 17.1 Å². The third-order valence-electron chi connectivity index (χ3n) is 4.21. The summed E-state index contributed by atoms with van der Waals surface area (Å²) in [7, 11) is 0. The Kier molecular flexibility index (Phi) is 5.06. The van der Waals surface area contributed by atoms with Crippen LogP contribution in [0.15, 0.2) is 30.5 Å². The van der Waals surface area contributed by atoms with E-state index in [4.69, 9.17) is 4.74 Å². The van der Waals surface area contributed by atoms with E-state index in [2.05, 4.69) is 33.8 Å². The van der Waals surface area contributed by atoms with Gasteiger partial charge in [-0.15, -0.1) is 5.10 Å². The molecule has 0 unspecified atom stereocenters. The van der Waals surface area contributed by atoms with E-state index in [1.807, 2.05) is 36.4 Å². The Morgan fingerprint density at radius 1 is 1.31 bits per heavy atom. The van der Waals surface area contributed by atoms with Gasteiger partial charge >= 0.3 is 6.09 Å². The number of carbonyl (C=O) groups is 1. The van der Waals surface area contributed by atoms with Crippen molar-refractivity contribution in [3.05, 3.63) is 54.2 Å². The van der Waals surface area contributed by atoms with E-state index >= 15 is 0 Å². The Bertz CT molecular complexity index is 948. The van der Waals surface area contributed by atoms with Crippen molar-refractivity contribution < 1.29 is 9.53 Å². The van der Waals surface area contributed by atoms with Crippen LogP contribution in [0, 0.1) is 20.8 Å². The number of aromatic nitrogens is 3. The molecule has 1 amide bonds. The first-order valence-electron chi connectivity index (χ1n) is 8.46. The molecule has 26 heavy (non-hydrogen) atoms. The summed E-state index contributed by atoms with van der Waals surface area (Å²) in [5.41, 5.74) is 5.66. The lowest BCUT2D eigenvalue weighted by Crippen LogP contribution is -2.13. The topological polar surface area (TPSA) is 80.5 Å². The van der Waals surface area contributed by atoms with Gasteiger partial charge in [-0.2, -0.15) is 5.10 Å². The fourth-order valence-electron chi connectivity index (χ4n) is 2.82. The van der Waals surface area contributed by atoms with Gasteiger partial charge in [0.15, 0.2) is 0 Å². The highest BCUT2D eigenvalue weighted by molar-refractivity contribution is 5.86. The molecule has 0 saturated carbocycles. The molecule has 3 aromatic rings. The average molecular weight is 352 g/mol. The molecule has 2 N–H and O–H groups in total. The minimum Gasteiger partial charge on any atom is -0.450 e. The first-order chi connectivity index (χ1) is 12.5. The lowest BCUT2D eigenvalue weighted by atomic mass is 10.2. The second kappa shape index (κ2) is 7.43. The summed E-state index contributed by atoms with van der Waals surface area (Å²) >= 11 is 0. The normalized spacial score (nSPS) is 10.8. The Morgan fingerprint density at radius 2 is 2.12 bits per heavy atom. The van der Waals surface area contributed by atoms with Crippen LogP contribution in [0.1, 0.15) is 23.7 Å². The van der Waals surface area contributed by atoms with Crippen LogP contribution in [-0.4, -0.2) is 27.3 Å². The van der Waals surface area contributed by atoms with Crippen LogP contribution in [0.5, 0.6) is 0 Å². The van der Waals surface area contributed by atoms with E-state index in [0.717, 1.165) is 28.0 Å². The maximum Gasteiger partial charge on any atom is 0.411 e. The average Bonchev–Trinajstić information content (AvgIpc) is 2.95. The summed E-state index contributed by atoms with van der Waals surface area (Å²) < 4.78 is 6.93. The Labute approximate surface area is 152 Å². The van der Waals surface area contributed by atoms with E-state index in [1.165, 1.54) is 0 Å². The number of aryl methyl sites for hydroxylation is 2. The number of nitrogens with one attached hydrogen (secondary N) is 2. The molecule has 0 saturated heterocycles. The molecule has 0 aliphatic rings. The number of benzene rings is 1. The van der Waals surface area contributed by atoms with Crippen molar-refractivity contribution in [1.82, 2.24) is 14.6 Å². The van der Waals surface area contributed by atoms with E-state index in [1.54, 1.807) is 13.1 Å². The van der Waals surface area contributed by atoms with Crippen molar-refractivity contribution in [2.24, 2.45) is 0 Å². The van der Waals surface area contributed by atoms with Crippen LogP contribution in [-0.2, 0) is 11.2 Å². The molecule has 0 spiro atoms. The second-order valence-electron chi connectivity index (χ2n) is 5.93. The first kappa shape index (κ1) is 17.7. The predicted molar refractivity (Wildman–Crippen MR) is 102 cm³/mol. The van der Waals surface area contributed by atoms with Gasteiger partial charge in [0.05, 0.1) is 18.3 Å². The minimum absolute atomic E-state index is 0.321. The molecule has 0 atom stereocenters. The maximum atomic E-state index is 11.6. The molecule has 1 aromatic carbocycles. The standard InChI is InChI=1S/C19H22N5O2/c1-5-14-9-16-11-20-23-18(24(16)13(14)4)22-17-10-15(8-7-12(17)3)21-19(25)26-6-2/h7-11H,1,5-6H2,2-4H3,(H,21,25)(H,22,23). The number of amides is 1. The molecule has 0 bridgehead atoms. The third-order valence-corrected chi connectivity index (χ3v) is 4.21. The summed E-state index contributed by atoms with van der Waals surface area (Å²) in [6.45, 7) is 10.1. The molecule has 135 valence electrons. The van der Waals surface area contributed by atoms with Crippen LogP contribution >= 0.6 is 0 Å². The van der Waals surface area contributed by atoms with Gasteiger partial charge in [-0.25, -0.2) is 4.79 Å². The maximum absolute atomic E-state index is 11.6. The van der Waals surface area contributed by atoms with Crippen molar-refractivity contribution in [2.45, 2.75) is 27.2 Å². The van der Waals surface area contributed by atoms with E-state index < -0.39 is 6.09 Å². The highest BCUT2D eigenvalue weighted by atomic mass is 16.5. The van der Waals surface area contributed by atoms with Gasteiger partial charge in [0.25, 0.3) is 0 Å². The number of anilines is 3. The summed E-state index contributed by atoms with van der Waals surface area (Å²) in [5, 5.41) is 14.3. The summed E-state index contributed by atoms with van der Waals surface area (Å²) in [6, 6.07) is 7.65. The number of nitrogens with zero attached hydrogens (tertiary/aromatic N) is 3. The number of ether oxygens (including phenoxy) is 1. The molecular weight excluding hydrogens is 330 g/mol. The molecular formula is C19H22N5O2. The molecule has 0 aliphatic carbocycles. The zero-order valence-corrected chi connectivity index (χ0v) is 15.2. The highest BCUT2D eigenvalue weighted by Gasteiger charge is 2.12. The van der Waals surface area contributed by atoms with Gasteiger partial charge in [0.1, 0.15) is 0 Å². The van der Waals surface area contributed by atoms with E-state index in [9.17, 15) is 4.79 Å². The summed E-state index contributed by atoms with van der Waals surface area (Å²) in [6.07, 6.45) is 1.94. The van der Waals surface area contributed by atoms with Crippen molar-refractivity contribution in [1.29, 1.82) is 0 Å². The van der Waals surface area contributed by atoms with Crippen molar-refractivity contribution >= 4 is 28.9 Å². The molecule has 2 heterocycles.